The highest BCUT2D eigenvalue weighted by Gasteiger charge is 2.22. The fraction of sp³-hybridized carbons (Fsp3) is 0.333. The van der Waals surface area contributed by atoms with Gasteiger partial charge in [0.15, 0.2) is 0 Å². The maximum absolute atomic E-state index is 12.0. The van der Waals surface area contributed by atoms with E-state index in [2.05, 4.69) is 40.4 Å². The normalized spacial score (nSPS) is 15.9. The number of carbonyl (C=O) groups excluding carboxylic acids is 1. The summed E-state index contributed by atoms with van der Waals surface area (Å²) in [6.07, 6.45) is 6.11. The molecule has 0 aliphatic heterocycles. The van der Waals surface area contributed by atoms with Crippen LogP contribution >= 0.6 is 0 Å². The maximum atomic E-state index is 12.0. The number of methoxy groups -OCH3 is 1. The van der Waals surface area contributed by atoms with E-state index in [1.54, 1.807) is 25.4 Å². The number of rotatable bonds is 7. The fourth-order valence-electron chi connectivity index (χ4n) is 4.50. The molecule has 6 heteroatoms. The zero-order chi connectivity index (χ0) is 23.4. The van der Waals surface area contributed by atoms with Crippen molar-refractivity contribution in [3.8, 4) is 0 Å². The van der Waals surface area contributed by atoms with E-state index in [9.17, 15) is 9.90 Å². The van der Waals surface area contributed by atoms with Gasteiger partial charge in [-0.25, -0.2) is 4.79 Å². The molecule has 1 aromatic heterocycles. The minimum Gasteiger partial charge on any atom is -0.465 e. The second-order valence-electron chi connectivity index (χ2n) is 8.59. The van der Waals surface area contributed by atoms with Crippen LogP contribution in [0, 0.1) is 0 Å². The number of nitrogens with one attached hydrogen (secondary N) is 1. The molecule has 4 rings (SSSR count). The van der Waals surface area contributed by atoms with E-state index < -0.39 is 6.10 Å². The molecule has 0 fully saturated rings. The number of hydrogen-bond acceptors (Lipinski definition) is 6. The molecule has 3 aromatic rings. The van der Waals surface area contributed by atoms with Crippen molar-refractivity contribution < 1.29 is 14.6 Å². The number of carbonyl (C=O) groups is 1. The Bertz CT molecular complexity index is 1110. The van der Waals surface area contributed by atoms with E-state index in [4.69, 9.17) is 4.74 Å². The van der Waals surface area contributed by atoms with Crippen LogP contribution in [0.2, 0.25) is 0 Å². The number of anilines is 3. The molecule has 1 heterocycles. The number of aryl methyl sites for hydroxylation is 1. The van der Waals surface area contributed by atoms with Gasteiger partial charge in [0.05, 0.1) is 30.7 Å². The Kier molecular flexibility index (Phi) is 6.94. The van der Waals surface area contributed by atoms with Gasteiger partial charge in [-0.05, 0) is 73.2 Å². The predicted octanol–water partition coefficient (Wildman–Crippen LogP) is 5.22. The van der Waals surface area contributed by atoms with Crippen molar-refractivity contribution in [2.24, 2.45) is 0 Å². The molecule has 0 amide bonds. The summed E-state index contributed by atoms with van der Waals surface area (Å²) < 4.78 is 4.89. The molecular formula is C27H31N3O3. The first kappa shape index (κ1) is 22.8. The Morgan fingerprint density at radius 3 is 2.70 bits per heavy atom. The molecule has 2 aromatic carbocycles. The first-order chi connectivity index (χ1) is 16.0. The summed E-state index contributed by atoms with van der Waals surface area (Å²) in [6.45, 7) is 2.51. The van der Waals surface area contributed by atoms with Gasteiger partial charge in [-0.3, -0.25) is 4.98 Å². The molecule has 6 nitrogen and oxygen atoms in total. The van der Waals surface area contributed by atoms with E-state index in [0.717, 1.165) is 42.7 Å². The van der Waals surface area contributed by atoms with Crippen molar-refractivity contribution in [1.29, 1.82) is 0 Å². The monoisotopic (exact) mass is 445 g/mol. The number of nitrogens with zero attached hydrogens (tertiary/aromatic N) is 2. The number of fused-ring (bicyclic) bond motifs is 1. The highest BCUT2D eigenvalue weighted by atomic mass is 16.5. The number of hydrogen-bond donors (Lipinski definition) is 2. The van der Waals surface area contributed by atoms with Crippen LogP contribution in [0.5, 0.6) is 0 Å². The van der Waals surface area contributed by atoms with Crippen LogP contribution in [0.4, 0.5) is 17.1 Å². The van der Waals surface area contributed by atoms with Crippen molar-refractivity contribution in [3.63, 3.8) is 0 Å². The van der Waals surface area contributed by atoms with Crippen LogP contribution in [-0.2, 0) is 11.2 Å². The Hall–Kier alpha value is -3.38. The lowest BCUT2D eigenvalue weighted by molar-refractivity contribution is 0.0601. The van der Waals surface area contributed by atoms with E-state index in [0.29, 0.717) is 17.2 Å². The molecule has 1 aliphatic rings. The summed E-state index contributed by atoms with van der Waals surface area (Å²) >= 11 is 0. The largest absolute Gasteiger partial charge is 0.465 e. The zero-order valence-corrected chi connectivity index (χ0v) is 19.4. The molecule has 2 unspecified atom stereocenters. The Morgan fingerprint density at radius 2 is 1.97 bits per heavy atom. The van der Waals surface area contributed by atoms with E-state index in [1.807, 2.05) is 24.3 Å². The minimum atomic E-state index is -0.464. The van der Waals surface area contributed by atoms with E-state index in [-0.39, 0.29) is 5.97 Å². The molecule has 0 radical (unpaired) electrons. The number of pyridine rings is 1. The maximum Gasteiger partial charge on any atom is 0.340 e. The molecule has 0 saturated heterocycles. The Balaban J connectivity index is 1.50. The van der Waals surface area contributed by atoms with Crippen LogP contribution in [0.3, 0.4) is 0 Å². The molecule has 172 valence electrons. The topological polar surface area (TPSA) is 74.7 Å². The Morgan fingerprint density at radius 1 is 1.21 bits per heavy atom. The number of aliphatic hydroxyl groups excluding tert-OH is 1. The highest BCUT2D eigenvalue weighted by molar-refractivity contribution is 5.95. The lowest BCUT2D eigenvalue weighted by Gasteiger charge is -2.28. The van der Waals surface area contributed by atoms with Gasteiger partial charge in [0.1, 0.15) is 0 Å². The molecule has 0 saturated carbocycles. The molecule has 1 aliphatic carbocycles. The summed E-state index contributed by atoms with van der Waals surface area (Å²) in [4.78, 5) is 18.4. The van der Waals surface area contributed by atoms with Gasteiger partial charge in [0, 0.05) is 37.1 Å². The van der Waals surface area contributed by atoms with Gasteiger partial charge in [-0.1, -0.05) is 18.2 Å². The Labute approximate surface area is 195 Å². The second kappa shape index (κ2) is 10.0. The van der Waals surface area contributed by atoms with Gasteiger partial charge in [0.2, 0.25) is 0 Å². The SMILES string of the molecule is COC(=O)c1ccncc1NCC1CCCc2cc(N(C)c3ccc(C(C)O)cc3)ccc21. The van der Waals surface area contributed by atoms with Crippen LogP contribution < -0.4 is 10.2 Å². The fourth-order valence-corrected chi connectivity index (χ4v) is 4.50. The van der Waals surface area contributed by atoms with Crippen molar-refractivity contribution >= 4 is 23.0 Å². The van der Waals surface area contributed by atoms with Crippen LogP contribution in [0.1, 0.15) is 58.8 Å². The third-order valence-corrected chi connectivity index (χ3v) is 6.48. The quantitative estimate of drug-likeness (QED) is 0.486. The third-order valence-electron chi connectivity index (χ3n) is 6.48. The number of esters is 1. The van der Waals surface area contributed by atoms with Gasteiger partial charge in [-0.2, -0.15) is 0 Å². The second-order valence-corrected chi connectivity index (χ2v) is 8.59. The number of ether oxygens (including phenoxy) is 1. The molecular weight excluding hydrogens is 414 g/mol. The van der Waals surface area contributed by atoms with E-state index >= 15 is 0 Å². The van der Waals surface area contributed by atoms with Gasteiger partial charge in [0.25, 0.3) is 0 Å². The van der Waals surface area contributed by atoms with Crippen LogP contribution in [0.15, 0.2) is 60.9 Å². The number of aromatic nitrogens is 1. The van der Waals surface area contributed by atoms with Gasteiger partial charge in [-0.15, -0.1) is 0 Å². The lowest BCUT2D eigenvalue weighted by Crippen LogP contribution is -2.20. The summed E-state index contributed by atoms with van der Waals surface area (Å²) in [5.41, 5.74) is 7.08. The molecule has 0 bridgehead atoms. The average molecular weight is 446 g/mol. The lowest BCUT2D eigenvalue weighted by atomic mass is 9.82. The van der Waals surface area contributed by atoms with Crippen molar-refractivity contribution in [1.82, 2.24) is 4.98 Å². The summed E-state index contributed by atoms with van der Waals surface area (Å²) in [5, 5.41) is 13.2. The van der Waals surface area contributed by atoms with Crippen molar-refractivity contribution in [3.05, 3.63) is 83.2 Å². The number of benzene rings is 2. The van der Waals surface area contributed by atoms with Crippen molar-refractivity contribution in [2.45, 2.75) is 38.2 Å². The summed E-state index contributed by atoms with van der Waals surface area (Å²) in [5.74, 6) is 0.00207. The first-order valence-electron chi connectivity index (χ1n) is 11.4. The van der Waals surface area contributed by atoms with Gasteiger partial charge < -0.3 is 20.1 Å². The smallest absolute Gasteiger partial charge is 0.340 e. The number of aliphatic hydroxyl groups is 1. The van der Waals surface area contributed by atoms with Crippen LogP contribution in [0.25, 0.3) is 0 Å². The zero-order valence-electron chi connectivity index (χ0n) is 19.4. The molecule has 2 N–H and O–H groups in total. The average Bonchev–Trinajstić information content (AvgIpc) is 2.86. The van der Waals surface area contributed by atoms with E-state index in [1.165, 1.54) is 18.2 Å². The minimum absolute atomic E-state index is 0.363. The highest BCUT2D eigenvalue weighted by Crippen LogP contribution is 2.36. The van der Waals surface area contributed by atoms with Gasteiger partial charge >= 0.3 is 5.97 Å². The summed E-state index contributed by atoms with van der Waals surface area (Å²) in [6, 6.07) is 16.4. The first-order valence-corrected chi connectivity index (χ1v) is 11.4. The van der Waals surface area contributed by atoms with Crippen LogP contribution in [-0.4, -0.2) is 36.8 Å². The third kappa shape index (κ3) is 5.01. The summed E-state index contributed by atoms with van der Waals surface area (Å²) in [7, 11) is 3.46. The molecule has 2 atom stereocenters. The van der Waals surface area contributed by atoms with Crippen molar-refractivity contribution in [2.75, 3.05) is 30.9 Å². The standard InChI is InChI=1S/C27H31N3O3/c1-18(31)19-7-9-22(10-8-19)30(2)23-11-12-24-20(15-23)5-4-6-21(24)16-29-26-17-28-14-13-25(26)27(32)33-3/h7-15,17-18,21,29,31H,4-6,16H2,1-3H3. The predicted molar refractivity (Wildman–Crippen MR) is 131 cm³/mol. The molecule has 33 heavy (non-hydrogen) atoms. The molecule has 0 spiro atoms.